The summed E-state index contributed by atoms with van der Waals surface area (Å²) in [6, 6.07) is 0. The van der Waals surface area contributed by atoms with E-state index < -0.39 is 0 Å². The van der Waals surface area contributed by atoms with E-state index in [1.807, 2.05) is 18.7 Å². The Morgan fingerprint density at radius 1 is 0.643 bits per heavy atom. The molecule has 0 amide bonds. The lowest BCUT2D eigenvalue weighted by atomic mass is 10.0. The molecule has 0 saturated carbocycles. The Kier molecular flexibility index (Phi) is 14.9. The first-order valence-electron chi connectivity index (χ1n) is 11.0. The molecule has 0 aliphatic carbocycles. The van der Waals surface area contributed by atoms with Crippen molar-refractivity contribution in [3.8, 4) is 0 Å². The predicted octanol–water partition coefficient (Wildman–Crippen LogP) is 3.87. The van der Waals surface area contributed by atoms with Crippen LogP contribution >= 0.6 is 11.8 Å². The van der Waals surface area contributed by atoms with Crippen LogP contribution in [0.2, 0.25) is 0 Å². The monoisotopic (exact) mass is 420 g/mol. The summed E-state index contributed by atoms with van der Waals surface area (Å²) in [6.45, 7) is 15.8. The van der Waals surface area contributed by atoms with Crippen molar-refractivity contribution in [1.29, 1.82) is 0 Å². The molecule has 0 bridgehead atoms. The number of aliphatic hydroxyl groups is 1. The van der Waals surface area contributed by atoms with Gasteiger partial charge in [0.25, 0.3) is 0 Å². The van der Waals surface area contributed by atoms with Crippen LogP contribution in [-0.4, -0.2) is 75.6 Å². The highest BCUT2D eigenvalue weighted by Gasteiger charge is 2.22. The van der Waals surface area contributed by atoms with Crippen molar-refractivity contribution in [2.45, 2.75) is 58.3 Å². The summed E-state index contributed by atoms with van der Waals surface area (Å²) < 4.78 is 20.4. The number of hydrogen-bond donors (Lipinski definition) is 1. The normalized spacial score (nSPS) is 35.1. The van der Waals surface area contributed by atoms with Crippen LogP contribution < -0.4 is 0 Å². The molecule has 168 valence electrons. The van der Waals surface area contributed by atoms with Crippen molar-refractivity contribution in [3.05, 3.63) is 0 Å². The van der Waals surface area contributed by atoms with Crippen LogP contribution in [-0.2, 0) is 18.9 Å². The fourth-order valence-electron chi connectivity index (χ4n) is 3.06. The molecule has 5 atom stereocenters. The zero-order valence-corrected chi connectivity index (χ0v) is 19.5. The maximum absolute atomic E-state index is 8.87. The van der Waals surface area contributed by atoms with Crippen LogP contribution in [0.15, 0.2) is 0 Å². The minimum atomic E-state index is -0.208. The van der Waals surface area contributed by atoms with E-state index in [0.29, 0.717) is 12.5 Å². The summed E-state index contributed by atoms with van der Waals surface area (Å²) in [5, 5.41) is 9.63. The molecule has 1 N–H and O–H groups in total. The Morgan fingerprint density at radius 3 is 1.43 bits per heavy atom. The van der Waals surface area contributed by atoms with Gasteiger partial charge in [-0.05, 0) is 43.3 Å². The van der Waals surface area contributed by atoms with E-state index in [-0.39, 0.29) is 6.10 Å². The first-order chi connectivity index (χ1) is 13.4. The molecule has 4 saturated heterocycles. The molecule has 5 nitrogen and oxygen atoms in total. The van der Waals surface area contributed by atoms with Crippen molar-refractivity contribution in [3.63, 3.8) is 0 Å². The molecule has 4 heterocycles. The van der Waals surface area contributed by atoms with Gasteiger partial charge in [-0.2, -0.15) is 11.8 Å². The Balaban J connectivity index is 0.000000188. The van der Waals surface area contributed by atoms with Gasteiger partial charge >= 0.3 is 0 Å². The molecule has 4 rings (SSSR count). The summed E-state index contributed by atoms with van der Waals surface area (Å²) in [4.78, 5) is 0. The van der Waals surface area contributed by atoms with Crippen LogP contribution in [0.25, 0.3) is 0 Å². The minimum absolute atomic E-state index is 0.208. The Morgan fingerprint density at radius 2 is 1.21 bits per heavy atom. The molecule has 0 aromatic rings. The summed E-state index contributed by atoms with van der Waals surface area (Å²) in [6.07, 6.45) is 5.73. The van der Waals surface area contributed by atoms with E-state index in [4.69, 9.17) is 24.1 Å². The topological polar surface area (TPSA) is 57.2 Å². The van der Waals surface area contributed by atoms with Gasteiger partial charge in [0, 0.05) is 37.6 Å². The van der Waals surface area contributed by atoms with Crippen molar-refractivity contribution in [1.82, 2.24) is 0 Å². The van der Waals surface area contributed by atoms with Gasteiger partial charge in [0.1, 0.15) is 0 Å². The van der Waals surface area contributed by atoms with Crippen LogP contribution in [0.4, 0.5) is 0 Å². The van der Waals surface area contributed by atoms with E-state index in [9.17, 15) is 0 Å². The Bertz CT molecular complexity index is 351. The summed E-state index contributed by atoms with van der Waals surface area (Å²) in [5.74, 6) is 2.85. The molecular weight excluding hydrogens is 376 g/mol. The van der Waals surface area contributed by atoms with E-state index in [1.165, 1.54) is 19.3 Å². The zero-order chi connectivity index (χ0) is 20.8. The molecule has 4 fully saturated rings. The molecule has 0 radical (unpaired) electrons. The van der Waals surface area contributed by atoms with Crippen molar-refractivity contribution >= 4 is 11.8 Å². The number of ether oxygens (including phenoxy) is 4. The second-order valence-electron chi connectivity index (χ2n) is 8.63. The SMILES string of the molecule is CC1CCOC1.CC1CCOCC1.CC1COCC1O.CSC1COCC1C. The quantitative estimate of drug-likeness (QED) is 0.695. The molecule has 0 spiro atoms. The third-order valence-corrected chi connectivity index (χ3v) is 6.80. The van der Waals surface area contributed by atoms with E-state index in [0.717, 1.165) is 69.3 Å². The van der Waals surface area contributed by atoms with Gasteiger partial charge in [-0.15, -0.1) is 0 Å². The number of thioether (sulfide) groups is 1. The van der Waals surface area contributed by atoms with Gasteiger partial charge in [-0.25, -0.2) is 0 Å². The summed E-state index contributed by atoms with van der Waals surface area (Å²) in [7, 11) is 0. The molecular formula is C22H44O5S. The number of aliphatic hydroxyl groups excluding tert-OH is 1. The smallest absolute Gasteiger partial charge is 0.0821 e. The minimum Gasteiger partial charge on any atom is -0.390 e. The van der Waals surface area contributed by atoms with Crippen LogP contribution in [0, 0.1) is 23.7 Å². The fourth-order valence-corrected chi connectivity index (χ4v) is 3.84. The first-order valence-corrected chi connectivity index (χ1v) is 12.2. The third-order valence-electron chi connectivity index (χ3n) is 5.59. The van der Waals surface area contributed by atoms with Gasteiger partial charge in [0.05, 0.1) is 32.5 Å². The van der Waals surface area contributed by atoms with E-state index in [1.54, 1.807) is 0 Å². The van der Waals surface area contributed by atoms with Crippen molar-refractivity contribution in [2.24, 2.45) is 23.7 Å². The standard InChI is InChI=1S/C6H12OS.C6H12O.C5H10O2.C5H10O/c1-5-3-7-4-6(5)8-2;1-6-2-4-7-5-3-6;1-4-2-7-3-5(4)6;1-5-2-3-6-4-5/h5-6H,3-4H2,1-2H3;6H,2-5H2,1H3;4-6H,2-3H2,1H3;5H,2-4H2,1H3. The maximum atomic E-state index is 8.87. The van der Waals surface area contributed by atoms with Gasteiger partial charge < -0.3 is 24.1 Å². The van der Waals surface area contributed by atoms with Crippen LogP contribution in [0.3, 0.4) is 0 Å². The van der Waals surface area contributed by atoms with E-state index >= 15 is 0 Å². The van der Waals surface area contributed by atoms with Crippen molar-refractivity contribution in [2.75, 3.05) is 59.1 Å². The maximum Gasteiger partial charge on any atom is 0.0821 e. The molecule has 0 aromatic heterocycles. The van der Waals surface area contributed by atoms with Gasteiger partial charge in [-0.1, -0.05) is 27.7 Å². The highest BCUT2D eigenvalue weighted by atomic mass is 32.2. The fraction of sp³-hybridized carbons (Fsp3) is 1.00. The average molecular weight is 421 g/mol. The lowest BCUT2D eigenvalue weighted by Crippen LogP contribution is -2.13. The third kappa shape index (κ3) is 12.0. The van der Waals surface area contributed by atoms with Gasteiger partial charge in [0.2, 0.25) is 0 Å². The van der Waals surface area contributed by atoms with Gasteiger partial charge in [0.15, 0.2) is 0 Å². The lowest BCUT2D eigenvalue weighted by molar-refractivity contribution is 0.0716. The average Bonchev–Trinajstić information content (AvgIpc) is 3.42. The Hall–Kier alpha value is 0.150. The first kappa shape index (κ1) is 26.2. The summed E-state index contributed by atoms with van der Waals surface area (Å²) in [5.41, 5.74) is 0. The van der Waals surface area contributed by atoms with Crippen molar-refractivity contribution < 1.29 is 24.1 Å². The van der Waals surface area contributed by atoms with Crippen LogP contribution in [0.1, 0.15) is 47.0 Å². The molecule has 4 aliphatic heterocycles. The lowest BCUT2D eigenvalue weighted by Gasteiger charge is -2.16. The molecule has 5 unspecified atom stereocenters. The molecule has 0 aromatic carbocycles. The van der Waals surface area contributed by atoms with Crippen LogP contribution in [0.5, 0.6) is 0 Å². The molecule has 28 heavy (non-hydrogen) atoms. The Labute approximate surface area is 177 Å². The largest absolute Gasteiger partial charge is 0.390 e. The zero-order valence-electron chi connectivity index (χ0n) is 18.7. The predicted molar refractivity (Wildman–Crippen MR) is 117 cm³/mol. The second kappa shape index (κ2) is 15.9. The van der Waals surface area contributed by atoms with E-state index in [2.05, 4.69) is 27.0 Å². The number of rotatable bonds is 1. The highest BCUT2D eigenvalue weighted by molar-refractivity contribution is 7.99. The molecule has 6 heteroatoms. The summed E-state index contributed by atoms with van der Waals surface area (Å²) >= 11 is 1.92. The highest BCUT2D eigenvalue weighted by Crippen LogP contribution is 2.22. The van der Waals surface area contributed by atoms with Gasteiger partial charge in [-0.3, -0.25) is 0 Å². The molecule has 4 aliphatic rings. The second-order valence-corrected chi connectivity index (χ2v) is 9.71. The number of hydrogen-bond acceptors (Lipinski definition) is 6.